The first-order valence-electron chi connectivity index (χ1n) is 5.86. The van der Waals surface area contributed by atoms with Crippen molar-refractivity contribution in [2.75, 3.05) is 5.32 Å². The van der Waals surface area contributed by atoms with Crippen LogP contribution in [0.2, 0.25) is 0 Å². The van der Waals surface area contributed by atoms with Gasteiger partial charge in [-0.25, -0.2) is 0 Å². The number of benzene rings is 1. The number of rotatable bonds is 4. The van der Waals surface area contributed by atoms with Crippen molar-refractivity contribution in [3.8, 4) is 0 Å². The number of aryl methyl sites for hydroxylation is 1. The van der Waals surface area contributed by atoms with Crippen LogP contribution >= 0.6 is 15.9 Å². The third kappa shape index (κ3) is 3.79. The van der Waals surface area contributed by atoms with E-state index in [1.165, 1.54) is 10.6 Å². The monoisotopic (exact) mass is 320 g/mol. The summed E-state index contributed by atoms with van der Waals surface area (Å²) < 4.78 is 2.35. The number of anilines is 1. The number of para-hydroxylation sites is 1. The van der Waals surface area contributed by atoms with Gasteiger partial charge in [0.05, 0.1) is 5.69 Å². The highest BCUT2D eigenvalue weighted by atomic mass is 79.9. The summed E-state index contributed by atoms with van der Waals surface area (Å²) in [7, 11) is 0. The Labute approximate surface area is 119 Å². The number of nitrogens with zero attached hydrogens (tertiary/aromatic N) is 1. The summed E-state index contributed by atoms with van der Waals surface area (Å²) >= 11 is 3.36. The molecule has 0 saturated carbocycles. The number of pyridine rings is 1. The van der Waals surface area contributed by atoms with E-state index < -0.39 is 0 Å². The lowest BCUT2D eigenvalue weighted by atomic mass is 10.3. The van der Waals surface area contributed by atoms with Gasteiger partial charge in [0.2, 0.25) is 5.91 Å². The molecule has 0 fully saturated rings. The normalized spacial score (nSPS) is 10.2. The molecule has 0 aliphatic rings. The Balaban J connectivity index is 1.94. The van der Waals surface area contributed by atoms with Crippen molar-refractivity contribution in [1.82, 2.24) is 4.57 Å². The molecular weight excluding hydrogens is 308 g/mol. The number of carbonyl (C=O) groups is 1. The maximum absolute atomic E-state index is 11.8. The smallest absolute Gasteiger partial charge is 0.250 e. The molecule has 1 amide bonds. The molecule has 5 heteroatoms. The van der Waals surface area contributed by atoms with Crippen molar-refractivity contribution in [3.05, 3.63) is 63.5 Å². The van der Waals surface area contributed by atoms with E-state index in [1.807, 2.05) is 24.3 Å². The highest BCUT2D eigenvalue weighted by molar-refractivity contribution is 9.10. The molecule has 2 aromatic rings. The minimum absolute atomic E-state index is 0.101. The fourth-order valence-electron chi connectivity index (χ4n) is 1.64. The minimum atomic E-state index is -0.123. The first kappa shape index (κ1) is 13.5. The molecule has 0 unspecified atom stereocenters. The van der Waals surface area contributed by atoms with E-state index in [2.05, 4.69) is 21.2 Å². The molecular formula is C14H13BrN2O2. The number of amides is 1. The topological polar surface area (TPSA) is 51.1 Å². The van der Waals surface area contributed by atoms with Gasteiger partial charge in [-0.2, -0.15) is 0 Å². The van der Waals surface area contributed by atoms with E-state index in [0.717, 1.165) is 10.2 Å². The van der Waals surface area contributed by atoms with Crippen molar-refractivity contribution in [1.29, 1.82) is 0 Å². The van der Waals surface area contributed by atoms with Gasteiger partial charge in [0.25, 0.3) is 5.56 Å². The Bertz CT molecular complexity index is 637. The molecule has 0 bridgehead atoms. The second-order valence-corrected chi connectivity index (χ2v) is 4.86. The number of carbonyl (C=O) groups excluding carboxylic acids is 1. The summed E-state index contributed by atoms with van der Waals surface area (Å²) in [6.45, 7) is 0.371. The van der Waals surface area contributed by atoms with Gasteiger partial charge in [0.1, 0.15) is 0 Å². The average molecular weight is 321 g/mol. The van der Waals surface area contributed by atoms with Crippen LogP contribution in [-0.4, -0.2) is 10.5 Å². The molecule has 0 atom stereocenters. The van der Waals surface area contributed by atoms with Crippen molar-refractivity contribution in [3.63, 3.8) is 0 Å². The van der Waals surface area contributed by atoms with Crippen molar-refractivity contribution in [2.24, 2.45) is 0 Å². The molecule has 1 aromatic carbocycles. The summed E-state index contributed by atoms with van der Waals surface area (Å²) in [5.41, 5.74) is 0.629. The number of hydrogen-bond donors (Lipinski definition) is 1. The van der Waals surface area contributed by atoms with E-state index in [4.69, 9.17) is 0 Å². The Morgan fingerprint density at radius 1 is 1.16 bits per heavy atom. The molecule has 1 heterocycles. The Morgan fingerprint density at radius 2 is 1.89 bits per heavy atom. The third-order valence-electron chi connectivity index (χ3n) is 2.63. The van der Waals surface area contributed by atoms with Crippen LogP contribution in [0.5, 0.6) is 0 Å². The second kappa shape index (κ2) is 6.33. The summed E-state index contributed by atoms with van der Waals surface area (Å²) in [4.78, 5) is 23.3. The maximum Gasteiger partial charge on any atom is 0.250 e. The summed E-state index contributed by atoms with van der Waals surface area (Å²) in [5, 5.41) is 2.80. The first-order chi connectivity index (χ1) is 9.16. The van der Waals surface area contributed by atoms with Crippen LogP contribution in [0.1, 0.15) is 6.42 Å². The largest absolute Gasteiger partial charge is 0.325 e. The number of hydrogen-bond acceptors (Lipinski definition) is 2. The Hall–Kier alpha value is -1.88. The van der Waals surface area contributed by atoms with Gasteiger partial charge in [-0.1, -0.05) is 18.2 Å². The molecule has 19 heavy (non-hydrogen) atoms. The van der Waals surface area contributed by atoms with Crippen LogP contribution in [0, 0.1) is 0 Å². The number of nitrogens with one attached hydrogen (secondary N) is 1. The standard InChI is InChI=1S/C14H13BrN2O2/c15-11-5-1-2-6-12(11)16-13(18)8-10-17-9-4-3-7-14(17)19/h1-7,9H,8,10H2,(H,16,18). The molecule has 1 aromatic heterocycles. The summed E-state index contributed by atoms with van der Waals surface area (Å²) in [6.07, 6.45) is 1.93. The fraction of sp³-hybridized carbons (Fsp3) is 0.143. The van der Waals surface area contributed by atoms with E-state index in [9.17, 15) is 9.59 Å². The van der Waals surface area contributed by atoms with E-state index in [0.29, 0.717) is 6.54 Å². The van der Waals surface area contributed by atoms with Gasteiger partial charge in [0.15, 0.2) is 0 Å². The molecule has 4 nitrogen and oxygen atoms in total. The molecule has 0 spiro atoms. The molecule has 98 valence electrons. The molecule has 2 rings (SSSR count). The predicted molar refractivity (Wildman–Crippen MR) is 78.1 cm³/mol. The highest BCUT2D eigenvalue weighted by Crippen LogP contribution is 2.21. The number of halogens is 1. The van der Waals surface area contributed by atoms with Gasteiger partial charge in [-0.15, -0.1) is 0 Å². The lowest BCUT2D eigenvalue weighted by Gasteiger charge is -2.08. The molecule has 0 aliphatic carbocycles. The fourth-order valence-corrected chi connectivity index (χ4v) is 2.03. The van der Waals surface area contributed by atoms with Crippen LogP contribution in [0.15, 0.2) is 57.9 Å². The molecule has 0 radical (unpaired) electrons. The zero-order chi connectivity index (χ0) is 13.7. The lowest BCUT2D eigenvalue weighted by Crippen LogP contribution is -2.21. The van der Waals surface area contributed by atoms with Gasteiger partial charge in [0, 0.05) is 29.7 Å². The predicted octanol–water partition coefficient (Wildman–Crippen LogP) is 2.64. The number of aromatic nitrogens is 1. The Kier molecular flexibility index (Phi) is 4.52. The van der Waals surface area contributed by atoms with Gasteiger partial charge >= 0.3 is 0 Å². The zero-order valence-electron chi connectivity index (χ0n) is 10.2. The van der Waals surface area contributed by atoms with E-state index >= 15 is 0 Å². The SMILES string of the molecule is O=C(CCn1ccccc1=O)Nc1ccccc1Br. The van der Waals surface area contributed by atoms with E-state index in [1.54, 1.807) is 18.3 Å². The van der Waals surface area contributed by atoms with Crippen LogP contribution in [-0.2, 0) is 11.3 Å². The van der Waals surface area contributed by atoms with Crippen molar-refractivity contribution in [2.45, 2.75) is 13.0 Å². The zero-order valence-corrected chi connectivity index (χ0v) is 11.8. The van der Waals surface area contributed by atoms with Gasteiger partial charge < -0.3 is 9.88 Å². The van der Waals surface area contributed by atoms with Gasteiger partial charge in [-0.05, 0) is 34.1 Å². The quantitative estimate of drug-likeness (QED) is 0.941. The Morgan fingerprint density at radius 3 is 2.63 bits per heavy atom. The second-order valence-electron chi connectivity index (χ2n) is 4.01. The van der Waals surface area contributed by atoms with Crippen LogP contribution in [0.3, 0.4) is 0 Å². The first-order valence-corrected chi connectivity index (χ1v) is 6.66. The molecule has 1 N–H and O–H groups in total. The van der Waals surface area contributed by atoms with Crippen molar-refractivity contribution >= 4 is 27.5 Å². The maximum atomic E-state index is 11.8. The highest BCUT2D eigenvalue weighted by Gasteiger charge is 2.05. The van der Waals surface area contributed by atoms with Crippen LogP contribution in [0.4, 0.5) is 5.69 Å². The van der Waals surface area contributed by atoms with Crippen LogP contribution < -0.4 is 10.9 Å². The summed E-state index contributed by atoms with van der Waals surface area (Å²) in [6, 6.07) is 12.3. The average Bonchev–Trinajstić information content (AvgIpc) is 2.40. The van der Waals surface area contributed by atoms with E-state index in [-0.39, 0.29) is 17.9 Å². The van der Waals surface area contributed by atoms with Crippen LogP contribution in [0.25, 0.3) is 0 Å². The summed E-state index contributed by atoms with van der Waals surface area (Å²) in [5.74, 6) is -0.123. The van der Waals surface area contributed by atoms with Crippen molar-refractivity contribution < 1.29 is 4.79 Å². The minimum Gasteiger partial charge on any atom is -0.325 e. The molecule has 0 aliphatic heterocycles. The lowest BCUT2D eigenvalue weighted by molar-refractivity contribution is -0.116. The third-order valence-corrected chi connectivity index (χ3v) is 3.32. The molecule has 0 saturated heterocycles. The van der Waals surface area contributed by atoms with Gasteiger partial charge in [-0.3, -0.25) is 9.59 Å².